The molecule has 0 radical (unpaired) electrons. The van der Waals surface area contributed by atoms with Gasteiger partial charge in [-0.25, -0.2) is 0 Å². The van der Waals surface area contributed by atoms with Gasteiger partial charge in [-0.2, -0.15) is 17.0 Å². The van der Waals surface area contributed by atoms with Gasteiger partial charge >= 0.3 is 0 Å². The molecule has 11 heavy (non-hydrogen) atoms. The minimum Gasteiger partial charge on any atom is -0.321 e. The van der Waals surface area contributed by atoms with Crippen LogP contribution < -0.4 is 5.32 Å². The molecular weight excluding hydrogens is 156 g/mol. The second-order valence-electron chi connectivity index (χ2n) is 2.97. The summed E-state index contributed by atoms with van der Waals surface area (Å²) in [6.07, 6.45) is 9.04. The minimum atomic E-state index is 0.461. The first-order valence-corrected chi connectivity index (χ1v) is 5.33. The Labute approximate surface area is 72.4 Å². The first-order chi connectivity index (χ1) is 5.36. The van der Waals surface area contributed by atoms with Crippen molar-refractivity contribution in [2.24, 2.45) is 0 Å². The SMILES string of the molecule is CSC1CCC(NC#N)CC1. The molecule has 0 aromatic heterocycles. The third-order valence-corrected chi connectivity index (χ3v) is 3.41. The van der Waals surface area contributed by atoms with Crippen molar-refractivity contribution in [3.05, 3.63) is 0 Å². The largest absolute Gasteiger partial charge is 0.321 e. The van der Waals surface area contributed by atoms with E-state index in [1.807, 2.05) is 18.0 Å². The zero-order valence-corrected chi connectivity index (χ0v) is 7.66. The van der Waals surface area contributed by atoms with E-state index in [4.69, 9.17) is 5.26 Å². The number of rotatable bonds is 2. The van der Waals surface area contributed by atoms with Gasteiger partial charge in [-0.3, -0.25) is 0 Å². The third kappa shape index (κ3) is 2.63. The van der Waals surface area contributed by atoms with Gasteiger partial charge in [-0.05, 0) is 31.9 Å². The molecule has 2 nitrogen and oxygen atoms in total. The molecule has 1 aliphatic rings. The average Bonchev–Trinajstić information content (AvgIpc) is 2.07. The molecule has 0 amide bonds. The fourth-order valence-electron chi connectivity index (χ4n) is 1.53. The lowest BCUT2D eigenvalue weighted by Crippen LogP contribution is -2.30. The van der Waals surface area contributed by atoms with Crippen molar-refractivity contribution in [3.8, 4) is 6.19 Å². The highest BCUT2D eigenvalue weighted by Crippen LogP contribution is 2.26. The first-order valence-electron chi connectivity index (χ1n) is 4.04. The summed E-state index contributed by atoms with van der Waals surface area (Å²) in [6, 6.07) is 0.461. The van der Waals surface area contributed by atoms with Crippen molar-refractivity contribution in [2.75, 3.05) is 6.26 Å². The number of hydrogen-bond donors (Lipinski definition) is 1. The molecule has 0 aromatic carbocycles. The van der Waals surface area contributed by atoms with E-state index in [9.17, 15) is 0 Å². The molecule has 0 unspecified atom stereocenters. The molecule has 0 aliphatic heterocycles. The molecule has 0 atom stereocenters. The van der Waals surface area contributed by atoms with Gasteiger partial charge in [0.05, 0.1) is 0 Å². The molecule has 62 valence electrons. The van der Waals surface area contributed by atoms with Gasteiger partial charge in [0.25, 0.3) is 0 Å². The topological polar surface area (TPSA) is 35.8 Å². The Morgan fingerprint density at radius 1 is 1.36 bits per heavy atom. The standard InChI is InChI=1S/C8H14N2S/c1-11-8-4-2-7(3-5-8)10-6-9/h7-8,10H,2-5H2,1H3. The number of nitrogens with zero attached hydrogens (tertiary/aromatic N) is 1. The summed E-state index contributed by atoms with van der Waals surface area (Å²) in [5, 5.41) is 12.0. The molecule has 3 heteroatoms. The Balaban J connectivity index is 2.20. The molecule has 0 heterocycles. The highest BCUT2D eigenvalue weighted by atomic mass is 32.2. The van der Waals surface area contributed by atoms with Crippen LogP contribution in [0.25, 0.3) is 0 Å². The van der Waals surface area contributed by atoms with E-state index in [2.05, 4.69) is 11.6 Å². The van der Waals surface area contributed by atoms with Crippen LogP contribution in [0.5, 0.6) is 0 Å². The van der Waals surface area contributed by atoms with Crippen molar-refractivity contribution in [1.29, 1.82) is 5.26 Å². The van der Waals surface area contributed by atoms with Crippen molar-refractivity contribution in [2.45, 2.75) is 37.0 Å². The molecule has 1 aliphatic carbocycles. The minimum absolute atomic E-state index is 0.461. The predicted molar refractivity (Wildman–Crippen MR) is 48.3 cm³/mol. The maximum absolute atomic E-state index is 8.38. The van der Waals surface area contributed by atoms with E-state index in [0.29, 0.717) is 6.04 Å². The van der Waals surface area contributed by atoms with Crippen LogP contribution in [0.15, 0.2) is 0 Å². The fourth-order valence-corrected chi connectivity index (χ4v) is 2.28. The molecule has 1 rings (SSSR count). The van der Waals surface area contributed by atoms with E-state index in [1.54, 1.807) is 0 Å². The Morgan fingerprint density at radius 2 is 2.00 bits per heavy atom. The molecular formula is C8H14N2S. The van der Waals surface area contributed by atoms with Gasteiger partial charge in [0.2, 0.25) is 0 Å². The van der Waals surface area contributed by atoms with Gasteiger partial charge in [-0.15, -0.1) is 0 Å². The number of thioether (sulfide) groups is 1. The summed E-state index contributed by atoms with van der Waals surface area (Å²) in [4.78, 5) is 0. The van der Waals surface area contributed by atoms with Crippen LogP contribution in [-0.2, 0) is 0 Å². The number of nitriles is 1. The Bertz CT molecular complexity index is 145. The summed E-state index contributed by atoms with van der Waals surface area (Å²) in [7, 11) is 0. The van der Waals surface area contributed by atoms with E-state index in [0.717, 1.165) is 5.25 Å². The summed E-state index contributed by atoms with van der Waals surface area (Å²) in [5.74, 6) is 0. The Hall–Kier alpha value is -0.360. The van der Waals surface area contributed by atoms with Crippen LogP contribution in [0.3, 0.4) is 0 Å². The highest BCUT2D eigenvalue weighted by Gasteiger charge is 2.19. The Morgan fingerprint density at radius 3 is 2.45 bits per heavy atom. The number of nitrogens with one attached hydrogen (secondary N) is 1. The molecule has 0 spiro atoms. The lowest BCUT2D eigenvalue weighted by atomic mass is 9.95. The van der Waals surface area contributed by atoms with Crippen molar-refractivity contribution in [3.63, 3.8) is 0 Å². The zero-order valence-electron chi connectivity index (χ0n) is 6.84. The molecule has 0 saturated heterocycles. The normalized spacial score (nSPS) is 30.9. The lowest BCUT2D eigenvalue weighted by molar-refractivity contribution is 0.416. The number of hydrogen-bond acceptors (Lipinski definition) is 3. The van der Waals surface area contributed by atoms with E-state index < -0.39 is 0 Å². The third-order valence-electron chi connectivity index (χ3n) is 2.28. The second-order valence-corrected chi connectivity index (χ2v) is 4.10. The van der Waals surface area contributed by atoms with Crippen LogP contribution in [-0.4, -0.2) is 17.5 Å². The van der Waals surface area contributed by atoms with Crippen molar-refractivity contribution < 1.29 is 0 Å². The fraction of sp³-hybridized carbons (Fsp3) is 0.875. The van der Waals surface area contributed by atoms with Crippen LogP contribution >= 0.6 is 11.8 Å². The first kappa shape index (κ1) is 8.73. The molecule has 0 bridgehead atoms. The monoisotopic (exact) mass is 170 g/mol. The Kier molecular flexibility index (Phi) is 3.58. The van der Waals surface area contributed by atoms with Crippen LogP contribution in [0.4, 0.5) is 0 Å². The summed E-state index contributed by atoms with van der Waals surface area (Å²) >= 11 is 1.96. The van der Waals surface area contributed by atoms with Crippen molar-refractivity contribution >= 4 is 11.8 Å². The van der Waals surface area contributed by atoms with Crippen LogP contribution in [0.2, 0.25) is 0 Å². The smallest absolute Gasteiger partial charge is 0.176 e. The predicted octanol–water partition coefficient (Wildman–Crippen LogP) is 1.73. The van der Waals surface area contributed by atoms with E-state index >= 15 is 0 Å². The second kappa shape index (κ2) is 4.50. The van der Waals surface area contributed by atoms with Gasteiger partial charge in [0, 0.05) is 11.3 Å². The quantitative estimate of drug-likeness (QED) is 0.506. The summed E-state index contributed by atoms with van der Waals surface area (Å²) < 4.78 is 0. The zero-order chi connectivity index (χ0) is 8.10. The van der Waals surface area contributed by atoms with Crippen LogP contribution in [0.1, 0.15) is 25.7 Å². The van der Waals surface area contributed by atoms with Crippen LogP contribution in [0, 0.1) is 11.5 Å². The molecule has 1 N–H and O–H groups in total. The summed E-state index contributed by atoms with van der Waals surface area (Å²) in [5.41, 5.74) is 0. The van der Waals surface area contributed by atoms with Gasteiger partial charge in [0.1, 0.15) is 0 Å². The summed E-state index contributed by atoms with van der Waals surface area (Å²) in [6.45, 7) is 0. The molecule has 1 saturated carbocycles. The maximum atomic E-state index is 8.38. The molecule has 0 aromatic rings. The van der Waals surface area contributed by atoms with Gasteiger partial charge < -0.3 is 5.32 Å². The van der Waals surface area contributed by atoms with Gasteiger partial charge in [0.15, 0.2) is 6.19 Å². The highest BCUT2D eigenvalue weighted by molar-refractivity contribution is 7.99. The van der Waals surface area contributed by atoms with Crippen molar-refractivity contribution in [1.82, 2.24) is 5.32 Å². The maximum Gasteiger partial charge on any atom is 0.176 e. The lowest BCUT2D eigenvalue weighted by Gasteiger charge is -2.25. The van der Waals surface area contributed by atoms with E-state index in [1.165, 1.54) is 25.7 Å². The molecule has 1 fully saturated rings. The van der Waals surface area contributed by atoms with Gasteiger partial charge in [-0.1, -0.05) is 0 Å². The average molecular weight is 170 g/mol. The van der Waals surface area contributed by atoms with E-state index in [-0.39, 0.29) is 0 Å².